The maximum Gasteiger partial charge on any atom is 0.000924 e. The molecule has 1 spiro atoms. The van der Waals surface area contributed by atoms with Crippen LogP contribution in [-0.2, 0) is 0 Å². The molecule has 2 aliphatic heterocycles. The Morgan fingerprint density at radius 2 is 1.38 bits per heavy atom. The van der Waals surface area contributed by atoms with Crippen molar-refractivity contribution in [2.24, 2.45) is 5.41 Å². The number of hydrogen-bond acceptors (Lipinski definition) is 2. The molecule has 2 rings (SSSR count). The predicted octanol–water partition coefficient (Wildman–Crippen LogP) is 1.77. The first-order chi connectivity index (χ1) is 6.33. The summed E-state index contributed by atoms with van der Waals surface area (Å²) >= 11 is 0. The maximum atomic E-state index is 3.46. The molecular formula is C11H24N2. The summed E-state index contributed by atoms with van der Waals surface area (Å²) in [5.74, 6) is 0. The van der Waals surface area contributed by atoms with E-state index in [2.05, 4.69) is 24.5 Å². The molecule has 2 saturated heterocycles. The average molecular weight is 184 g/mol. The Bertz CT molecular complexity index is 120. The number of nitrogens with one attached hydrogen (secondary N) is 2. The van der Waals surface area contributed by atoms with Gasteiger partial charge in [0.1, 0.15) is 0 Å². The molecule has 2 heterocycles. The third-order valence-corrected chi connectivity index (χ3v) is 3.00. The summed E-state index contributed by atoms with van der Waals surface area (Å²) in [4.78, 5) is 0. The van der Waals surface area contributed by atoms with E-state index in [1.165, 1.54) is 51.9 Å². The highest BCUT2D eigenvalue weighted by molar-refractivity contribution is 4.90. The minimum absolute atomic E-state index is 0.700. The summed E-state index contributed by atoms with van der Waals surface area (Å²) in [5.41, 5.74) is 0.700. The molecule has 0 atom stereocenters. The molecule has 0 radical (unpaired) electrons. The van der Waals surface area contributed by atoms with E-state index in [-0.39, 0.29) is 0 Å². The standard InChI is InChI=1S/C8H16N2.C3H8/c1-4-9-5-2-8(1)3-6-10-7-8;1-3-2/h9-10H,1-7H2;3H2,1-2H3. The largest absolute Gasteiger partial charge is 0.317 e. The topological polar surface area (TPSA) is 24.1 Å². The highest BCUT2D eigenvalue weighted by Crippen LogP contribution is 2.34. The molecule has 0 aromatic rings. The predicted molar refractivity (Wildman–Crippen MR) is 58.0 cm³/mol. The zero-order chi connectivity index (χ0) is 9.57. The van der Waals surface area contributed by atoms with Crippen LogP contribution >= 0.6 is 0 Å². The fraction of sp³-hybridized carbons (Fsp3) is 1.00. The molecule has 0 amide bonds. The number of hydrogen-bond donors (Lipinski definition) is 2. The monoisotopic (exact) mass is 184 g/mol. The lowest BCUT2D eigenvalue weighted by atomic mass is 9.78. The van der Waals surface area contributed by atoms with Gasteiger partial charge in [0.05, 0.1) is 0 Å². The Labute approximate surface area is 82.5 Å². The molecule has 0 saturated carbocycles. The van der Waals surface area contributed by atoms with Gasteiger partial charge in [-0.3, -0.25) is 0 Å². The van der Waals surface area contributed by atoms with Crippen LogP contribution in [0, 0.1) is 5.41 Å². The van der Waals surface area contributed by atoms with Gasteiger partial charge in [0.15, 0.2) is 0 Å². The average Bonchev–Trinajstić information content (AvgIpc) is 2.56. The van der Waals surface area contributed by atoms with Crippen molar-refractivity contribution in [3.05, 3.63) is 0 Å². The molecule has 0 aromatic heterocycles. The smallest absolute Gasteiger partial charge is 0.000924 e. The molecule has 0 aliphatic carbocycles. The fourth-order valence-corrected chi connectivity index (χ4v) is 2.18. The summed E-state index contributed by atoms with van der Waals surface area (Å²) in [6, 6.07) is 0. The van der Waals surface area contributed by atoms with E-state index in [1.54, 1.807) is 0 Å². The zero-order valence-electron chi connectivity index (χ0n) is 9.16. The third kappa shape index (κ3) is 3.28. The minimum Gasteiger partial charge on any atom is -0.317 e. The second-order valence-corrected chi connectivity index (χ2v) is 4.38. The van der Waals surface area contributed by atoms with E-state index in [4.69, 9.17) is 0 Å². The van der Waals surface area contributed by atoms with Crippen LogP contribution in [-0.4, -0.2) is 26.2 Å². The van der Waals surface area contributed by atoms with Gasteiger partial charge in [-0.25, -0.2) is 0 Å². The van der Waals surface area contributed by atoms with Gasteiger partial charge in [-0.15, -0.1) is 0 Å². The van der Waals surface area contributed by atoms with Crippen LogP contribution in [0.2, 0.25) is 0 Å². The zero-order valence-corrected chi connectivity index (χ0v) is 9.16. The maximum absolute atomic E-state index is 3.46. The molecule has 2 N–H and O–H groups in total. The molecule has 0 bridgehead atoms. The molecule has 0 unspecified atom stereocenters. The first-order valence-electron chi connectivity index (χ1n) is 5.74. The van der Waals surface area contributed by atoms with Crippen molar-refractivity contribution >= 4 is 0 Å². The third-order valence-electron chi connectivity index (χ3n) is 3.00. The van der Waals surface area contributed by atoms with Gasteiger partial charge in [-0.05, 0) is 44.3 Å². The summed E-state index contributed by atoms with van der Waals surface area (Å²) in [5, 5.41) is 6.86. The van der Waals surface area contributed by atoms with Gasteiger partial charge in [-0.1, -0.05) is 20.3 Å². The van der Waals surface area contributed by atoms with Crippen LogP contribution in [0.1, 0.15) is 39.5 Å². The van der Waals surface area contributed by atoms with Gasteiger partial charge in [0.25, 0.3) is 0 Å². The Balaban J connectivity index is 0.000000251. The first-order valence-corrected chi connectivity index (χ1v) is 5.74. The van der Waals surface area contributed by atoms with E-state index in [1.807, 2.05) is 0 Å². The lowest BCUT2D eigenvalue weighted by Gasteiger charge is -2.32. The van der Waals surface area contributed by atoms with Crippen molar-refractivity contribution in [2.45, 2.75) is 39.5 Å². The van der Waals surface area contributed by atoms with Crippen LogP contribution in [0.5, 0.6) is 0 Å². The van der Waals surface area contributed by atoms with Crippen LogP contribution in [0.15, 0.2) is 0 Å². The second-order valence-electron chi connectivity index (χ2n) is 4.38. The molecule has 13 heavy (non-hydrogen) atoms. The van der Waals surface area contributed by atoms with Crippen molar-refractivity contribution < 1.29 is 0 Å². The molecule has 78 valence electrons. The molecule has 2 fully saturated rings. The van der Waals surface area contributed by atoms with Gasteiger partial charge >= 0.3 is 0 Å². The Morgan fingerprint density at radius 3 is 1.85 bits per heavy atom. The quantitative estimate of drug-likeness (QED) is 0.599. The van der Waals surface area contributed by atoms with E-state index >= 15 is 0 Å². The van der Waals surface area contributed by atoms with Crippen molar-refractivity contribution in [2.75, 3.05) is 26.2 Å². The van der Waals surface area contributed by atoms with Crippen molar-refractivity contribution in [1.29, 1.82) is 0 Å². The Hall–Kier alpha value is -0.0800. The van der Waals surface area contributed by atoms with Gasteiger partial charge in [0.2, 0.25) is 0 Å². The number of piperidine rings is 1. The minimum atomic E-state index is 0.700. The summed E-state index contributed by atoms with van der Waals surface area (Å²) < 4.78 is 0. The molecular weight excluding hydrogens is 160 g/mol. The van der Waals surface area contributed by atoms with E-state index in [0.29, 0.717) is 5.41 Å². The van der Waals surface area contributed by atoms with Gasteiger partial charge in [-0.2, -0.15) is 0 Å². The van der Waals surface area contributed by atoms with E-state index in [0.717, 1.165) is 0 Å². The molecule has 0 aromatic carbocycles. The van der Waals surface area contributed by atoms with Gasteiger partial charge < -0.3 is 10.6 Å². The summed E-state index contributed by atoms with van der Waals surface area (Å²) in [6.45, 7) is 9.25. The lowest BCUT2D eigenvalue weighted by molar-refractivity contribution is 0.229. The fourth-order valence-electron chi connectivity index (χ4n) is 2.18. The number of rotatable bonds is 0. The Kier molecular flexibility index (Phi) is 4.74. The van der Waals surface area contributed by atoms with Crippen LogP contribution in [0.4, 0.5) is 0 Å². The normalized spacial score (nSPS) is 25.4. The molecule has 2 aliphatic rings. The Morgan fingerprint density at radius 1 is 0.923 bits per heavy atom. The lowest BCUT2D eigenvalue weighted by Crippen LogP contribution is -2.37. The molecule has 2 heteroatoms. The molecule has 2 nitrogen and oxygen atoms in total. The van der Waals surface area contributed by atoms with E-state index in [9.17, 15) is 0 Å². The van der Waals surface area contributed by atoms with E-state index < -0.39 is 0 Å². The van der Waals surface area contributed by atoms with Crippen LogP contribution in [0.3, 0.4) is 0 Å². The van der Waals surface area contributed by atoms with Crippen molar-refractivity contribution in [1.82, 2.24) is 10.6 Å². The first kappa shape index (κ1) is 11.0. The highest BCUT2D eigenvalue weighted by Gasteiger charge is 2.34. The second kappa shape index (κ2) is 5.61. The highest BCUT2D eigenvalue weighted by atomic mass is 15.0. The van der Waals surface area contributed by atoms with Crippen molar-refractivity contribution in [3.8, 4) is 0 Å². The SMILES string of the molecule is C1CC2(CCN1)CCNC2.CCC. The van der Waals surface area contributed by atoms with Crippen LogP contribution < -0.4 is 10.6 Å². The summed E-state index contributed by atoms with van der Waals surface area (Å²) in [7, 11) is 0. The summed E-state index contributed by atoms with van der Waals surface area (Å²) in [6.07, 6.45) is 5.44. The van der Waals surface area contributed by atoms with Crippen LogP contribution in [0.25, 0.3) is 0 Å². The van der Waals surface area contributed by atoms with Crippen molar-refractivity contribution in [3.63, 3.8) is 0 Å². The van der Waals surface area contributed by atoms with Gasteiger partial charge in [0, 0.05) is 6.54 Å².